The van der Waals surface area contributed by atoms with Gasteiger partial charge >= 0.3 is 17.9 Å². The van der Waals surface area contributed by atoms with Crippen LogP contribution in [0.1, 0.15) is 51.4 Å². The smallest absolute Gasteiger partial charge is 0.351 e. The maximum Gasteiger partial charge on any atom is 0.351 e. The molecule has 1 aromatic carbocycles. The number of hydrogen-bond donors (Lipinski definition) is 0. The lowest BCUT2D eigenvalue weighted by molar-refractivity contribution is -0.172. The Kier molecular flexibility index (Phi) is 6.06. The molecular formula is C27H28O7. The number of carbonyl (C=O) groups excluding carboxylic acids is 4. The minimum absolute atomic E-state index is 0.139. The van der Waals surface area contributed by atoms with Gasteiger partial charge in [0.15, 0.2) is 5.78 Å². The van der Waals surface area contributed by atoms with Gasteiger partial charge < -0.3 is 14.2 Å². The monoisotopic (exact) mass is 464 g/mol. The van der Waals surface area contributed by atoms with Gasteiger partial charge in [0.25, 0.3) is 0 Å². The lowest BCUT2D eigenvalue weighted by atomic mass is 9.77. The molecule has 1 saturated heterocycles. The molecule has 0 spiro atoms. The minimum Gasteiger partial charge on any atom is -0.458 e. The Labute approximate surface area is 198 Å². The zero-order valence-electron chi connectivity index (χ0n) is 19.9. The maximum atomic E-state index is 13.2. The predicted molar refractivity (Wildman–Crippen MR) is 123 cm³/mol. The first-order valence-corrected chi connectivity index (χ1v) is 11.3. The first kappa shape index (κ1) is 23.7. The normalized spacial score (nSPS) is 30.0. The molecule has 5 atom stereocenters. The van der Waals surface area contributed by atoms with Gasteiger partial charge in [-0.1, -0.05) is 34.9 Å². The fraction of sp³-hybridized carbons (Fsp3) is 0.407. The van der Waals surface area contributed by atoms with Crippen LogP contribution in [0.3, 0.4) is 0 Å². The standard InChI is InChI=1S/C27H28O7/c1-14(2)11-20(29)34-27(5)23-19(32-25(30)17-9-7-6-8-10-17)13-16(4)21-18(28)12-15(3)22(21)24(23)33-26(27)31/h6-12,19,22-24H,13H2,1-5H3. The van der Waals surface area contributed by atoms with Crippen molar-refractivity contribution in [3.8, 4) is 0 Å². The summed E-state index contributed by atoms with van der Waals surface area (Å²) in [7, 11) is 0. The first-order valence-electron chi connectivity index (χ1n) is 11.3. The predicted octanol–water partition coefficient (Wildman–Crippen LogP) is 3.89. The Bertz CT molecular complexity index is 1150. The summed E-state index contributed by atoms with van der Waals surface area (Å²) in [4.78, 5) is 51.5. The van der Waals surface area contributed by atoms with E-state index in [1.165, 1.54) is 13.0 Å². The SMILES string of the molecule is CC(C)=CC(=O)OC1(C)C(=O)OC2C3C(C)=CC(=O)C3=C(C)CC(OC(=O)c3ccccc3)C21. The fourth-order valence-corrected chi connectivity index (χ4v) is 5.28. The van der Waals surface area contributed by atoms with Gasteiger partial charge in [0, 0.05) is 24.0 Å². The van der Waals surface area contributed by atoms with Crippen molar-refractivity contribution in [2.24, 2.45) is 11.8 Å². The number of fused-ring (bicyclic) bond motifs is 3. The van der Waals surface area contributed by atoms with E-state index in [-0.39, 0.29) is 12.2 Å². The highest BCUT2D eigenvalue weighted by molar-refractivity contribution is 6.09. The van der Waals surface area contributed by atoms with Crippen molar-refractivity contribution >= 4 is 23.7 Å². The van der Waals surface area contributed by atoms with Gasteiger partial charge in [-0.3, -0.25) is 4.79 Å². The zero-order chi connectivity index (χ0) is 24.8. The van der Waals surface area contributed by atoms with Crippen LogP contribution < -0.4 is 0 Å². The molecule has 1 heterocycles. The van der Waals surface area contributed by atoms with E-state index in [0.29, 0.717) is 16.7 Å². The molecule has 3 aliphatic rings. The molecule has 2 aliphatic carbocycles. The van der Waals surface area contributed by atoms with Crippen LogP contribution in [0.4, 0.5) is 0 Å². The molecule has 0 saturated carbocycles. The molecule has 4 rings (SSSR count). The van der Waals surface area contributed by atoms with Gasteiger partial charge in [0.05, 0.1) is 11.5 Å². The van der Waals surface area contributed by atoms with Crippen molar-refractivity contribution in [2.45, 2.75) is 58.8 Å². The average Bonchev–Trinajstić information content (AvgIpc) is 3.13. The number of rotatable bonds is 4. The van der Waals surface area contributed by atoms with E-state index >= 15 is 0 Å². The van der Waals surface area contributed by atoms with Crippen LogP contribution in [-0.2, 0) is 28.6 Å². The van der Waals surface area contributed by atoms with Gasteiger partial charge in [-0.2, -0.15) is 0 Å². The molecule has 1 fully saturated rings. The molecule has 1 aromatic rings. The minimum atomic E-state index is -1.70. The molecule has 0 bridgehead atoms. The van der Waals surface area contributed by atoms with Gasteiger partial charge in [-0.25, -0.2) is 14.4 Å². The second kappa shape index (κ2) is 8.70. The van der Waals surface area contributed by atoms with Crippen LogP contribution in [-0.4, -0.2) is 41.5 Å². The second-order valence-electron chi connectivity index (χ2n) is 9.58. The molecule has 7 heteroatoms. The molecule has 0 amide bonds. The van der Waals surface area contributed by atoms with Gasteiger partial charge in [0.2, 0.25) is 5.60 Å². The van der Waals surface area contributed by atoms with Crippen molar-refractivity contribution < 1.29 is 33.4 Å². The summed E-state index contributed by atoms with van der Waals surface area (Å²) in [6.07, 6.45) is 1.39. The van der Waals surface area contributed by atoms with E-state index in [9.17, 15) is 19.2 Å². The van der Waals surface area contributed by atoms with E-state index in [1.807, 2.05) is 13.8 Å². The number of benzene rings is 1. The molecule has 5 unspecified atom stereocenters. The van der Waals surface area contributed by atoms with E-state index in [4.69, 9.17) is 14.2 Å². The molecule has 0 N–H and O–H groups in total. The molecule has 34 heavy (non-hydrogen) atoms. The Morgan fingerprint density at radius 3 is 2.44 bits per heavy atom. The Morgan fingerprint density at radius 2 is 1.79 bits per heavy atom. The molecule has 0 aromatic heterocycles. The van der Waals surface area contributed by atoms with Crippen molar-refractivity contribution in [2.75, 3.05) is 0 Å². The third-order valence-corrected chi connectivity index (χ3v) is 6.75. The lowest BCUT2D eigenvalue weighted by Crippen LogP contribution is -2.50. The zero-order valence-corrected chi connectivity index (χ0v) is 19.9. The maximum absolute atomic E-state index is 13.2. The largest absolute Gasteiger partial charge is 0.458 e. The molecule has 1 aliphatic heterocycles. The van der Waals surface area contributed by atoms with Crippen molar-refractivity contribution in [3.05, 3.63) is 70.3 Å². The Morgan fingerprint density at radius 1 is 1.12 bits per heavy atom. The van der Waals surface area contributed by atoms with Crippen LogP contribution in [0.2, 0.25) is 0 Å². The summed E-state index contributed by atoms with van der Waals surface area (Å²) >= 11 is 0. The van der Waals surface area contributed by atoms with Crippen LogP contribution >= 0.6 is 0 Å². The topological polar surface area (TPSA) is 96.0 Å². The van der Waals surface area contributed by atoms with Gasteiger partial charge in [-0.15, -0.1) is 0 Å². The summed E-state index contributed by atoms with van der Waals surface area (Å²) in [6.45, 7) is 8.62. The van der Waals surface area contributed by atoms with Crippen molar-refractivity contribution in [1.29, 1.82) is 0 Å². The Hall–Kier alpha value is -3.48. The summed E-state index contributed by atoms with van der Waals surface area (Å²) in [5.41, 5.74) is 1.45. The fourth-order valence-electron chi connectivity index (χ4n) is 5.28. The summed E-state index contributed by atoms with van der Waals surface area (Å²) in [5.74, 6) is -3.40. The molecule has 7 nitrogen and oxygen atoms in total. The lowest BCUT2D eigenvalue weighted by Gasteiger charge is -2.34. The van der Waals surface area contributed by atoms with E-state index in [2.05, 4.69) is 0 Å². The molecular weight excluding hydrogens is 436 g/mol. The highest BCUT2D eigenvalue weighted by atomic mass is 16.6. The Balaban J connectivity index is 1.78. The number of ether oxygens (including phenoxy) is 3. The van der Waals surface area contributed by atoms with Crippen LogP contribution in [0.15, 0.2) is 64.8 Å². The quantitative estimate of drug-likeness (QED) is 0.379. The van der Waals surface area contributed by atoms with Crippen LogP contribution in [0.25, 0.3) is 0 Å². The summed E-state index contributed by atoms with van der Waals surface area (Å²) in [5, 5.41) is 0. The third-order valence-electron chi connectivity index (χ3n) is 6.75. The molecule has 0 radical (unpaired) electrons. The van der Waals surface area contributed by atoms with E-state index in [0.717, 1.165) is 11.1 Å². The summed E-state index contributed by atoms with van der Waals surface area (Å²) in [6, 6.07) is 8.52. The number of carbonyl (C=O) groups is 4. The van der Waals surface area contributed by atoms with Gasteiger partial charge in [-0.05, 0) is 52.8 Å². The third kappa shape index (κ3) is 4.00. The number of ketones is 1. The first-order chi connectivity index (χ1) is 16.0. The van der Waals surface area contributed by atoms with E-state index in [1.54, 1.807) is 50.3 Å². The van der Waals surface area contributed by atoms with Crippen molar-refractivity contribution in [3.63, 3.8) is 0 Å². The van der Waals surface area contributed by atoms with Crippen LogP contribution in [0, 0.1) is 11.8 Å². The number of hydrogen-bond acceptors (Lipinski definition) is 7. The van der Waals surface area contributed by atoms with E-state index < -0.39 is 47.6 Å². The second-order valence-corrected chi connectivity index (χ2v) is 9.58. The van der Waals surface area contributed by atoms with Crippen molar-refractivity contribution in [1.82, 2.24) is 0 Å². The highest BCUT2D eigenvalue weighted by Crippen LogP contribution is 2.51. The highest BCUT2D eigenvalue weighted by Gasteiger charge is 2.65. The van der Waals surface area contributed by atoms with Crippen LogP contribution in [0.5, 0.6) is 0 Å². The molecule has 178 valence electrons. The number of allylic oxidation sites excluding steroid dienone is 2. The van der Waals surface area contributed by atoms with Gasteiger partial charge in [0.1, 0.15) is 12.2 Å². The average molecular weight is 465 g/mol. The summed E-state index contributed by atoms with van der Waals surface area (Å²) < 4.78 is 17.5. The number of esters is 3.